The predicted molar refractivity (Wildman–Crippen MR) is 94.0 cm³/mol. The molecule has 0 amide bonds. The Labute approximate surface area is 134 Å². The molecule has 1 aromatic rings. The summed E-state index contributed by atoms with van der Waals surface area (Å²) in [4.78, 5) is 0. The van der Waals surface area contributed by atoms with Crippen molar-refractivity contribution in [3.8, 4) is 0 Å². The average molecular weight is 299 g/mol. The Balaban J connectivity index is 1.72. The number of hydrogen-bond acceptors (Lipinski definition) is 3. The van der Waals surface area contributed by atoms with Crippen molar-refractivity contribution in [2.45, 2.75) is 57.4 Å². The molecule has 1 saturated carbocycles. The standard InChI is InChI=1S/C19H29N3/c20-19(15-8-4-2-1-3-5-9-15)17-10-6-7-11-18(17)22-16-12-13-21-14-16/h6-7,10-11,15-16,20-22H,1-5,8-9,12-14H2. The summed E-state index contributed by atoms with van der Waals surface area (Å²) in [7, 11) is 0. The van der Waals surface area contributed by atoms with Gasteiger partial charge in [0.1, 0.15) is 0 Å². The molecule has 0 radical (unpaired) electrons. The maximum Gasteiger partial charge on any atom is 0.0437 e. The largest absolute Gasteiger partial charge is 0.380 e. The Morgan fingerprint density at radius 1 is 1.00 bits per heavy atom. The first-order valence-corrected chi connectivity index (χ1v) is 8.99. The average Bonchev–Trinajstić information content (AvgIpc) is 3.00. The molecule has 3 rings (SSSR count). The summed E-state index contributed by atoms with van der Waals surface area (Å²) in [6, 6.07) is 8.94. The van der Waals surface area contributed by atoms with E-state index in [1.165, 1.54) is 51.4 Å². The third kappa shape index (κ3) is 3.89. The topological polar surface area (TPSA) is 47.9 Å². The van der Waals surface area contributed by atoms with Crippen LogP contribution >= 0.6 is 0 Å². The smallest absolute Gasteiger partial charge is 0.0437 e. The molecule has 1 aliphatic carbocycles. The van der Waals surface area contributed by atoms with Crippen molar-refractivity contribution in [2.75, 3.05) is 18.4 Å². The van der Waals surface area contributed by atoms with E-state index < -0.39 is 0 Å². The minimum atomic E-state index is 0.449. The van der Waals surface area contributed by atoms with Crippen molar-refractivity contribution in [2.24, 2.45) is 5.92 Å². The van der Waals surface area contributed by atoms with Gasteiger partial charge in [0.2, 0.25) is 0 Å². The molecule has 1 unspecified atom stereocenters. The second kappa shape index (κ2) is 7.77. The summed E-state index contributed by atoms with van der Waals surface area (Å²) in [5, 5.41) is 15.8. The van der Waals surface area contributed by atoms with Crippen molar-refractivity contribution in [3.05, 3.63) is 29.8 Å². The number of rotatable bonds is 4. The van der Waals surface area contributed by atoms with Gasteiger partial charge in [-0.1, -0.05) is 50.3 Å². The van der Waals surface area contributed by atoms with Gasteiger partial charge in [-0.15, -0.1) is 0 Å². The molecule has 3 heteroatoms. The van der Waals surface area contributed by atoms with Gasteiger partial charge in [-0.2, -0.15) is 0 Å². The molecule has 2 aliphatic rings. The lowest BCUT2D eigenvalue weighted by Crippen LogP contribution is -2.24. The molecule has 3 nitrogen and oxygen atoms in total. The van der Waals surface area contributed by atoms with Gasteiger partial charge >= 0.3 is 0 Å². The van der Waals surface area contributed by atoms with Crippen molar-refractivity contribution in [3.63, 3.8) is 0 Å². The quantitative estimate of drug-likeness (QED) is 0.730. The molecule has 0 spiro atoms. The Kier molecular flexibility index (Phi) is 5.49. The van der Waals surface area contributed by atoms with E-state index in [1.807, 2.05) is 0 Å². The van der Waals surface area contributed by atoms with Gasteiger partial charge in [0.15, 0.2) is 0 Å². The van der Waals surface area contributed by atoms with Crippen LogP contribution in [0.3, 0.4) is 0 Å². The molecule has 22 heavy (non-hydrogen) atoms. The van der Waals surface area contributed by atoms with Gasteiger partial charge < -0.3 is 16.0 Å². The summed E-state index contributed by atoms with van der Waals surface area (Å²) >= 11 is 0. The minimum absolute atomic E-state index is 0.449. The van der Waals surface area contributed by atoms with E-state index in [9.17, 15) is 0 Å². The lowest BCUT2D eigenvalue weighted by atomic mass is 9.84. The van der Waals surface area contributed by atoms with Crippen LogP contribution in [0.1, 0.15) is 56.9 Å². The van der Waals surface area contributed by atoms with E-state index in [4.69, 9.17) is 5.41 Å². The summed E-state index contributed by atoms with van der Waals surface area (Å²) < 4.78 is 0. The number of benzene rings is 1. The first kappa shape index (κ1) is 15.5. The number of hydrogen-bond donors (Lipinski definition) is 3. The highest BCUT2D eigenvalue weighted by Crippen LogP contribution is 2.28. The third-order valence-electron chi connectivity index (χ3n) is 5.15. The lowest BCUT2D eigenvalue weighted by molar-refractivity contribution is 0.451. The molecule has 1 heterocycles. The number of nitrogens with one attached hydrogen (secondary N) is 3. The number of para-hydroxylation sites is 1. The molecule has 1 saturated heterocycles. The molecule has 1 aromatic carbocycles. The Hall–Kier alpha value is -1.35. The first-order valence-electron chi connectivity index (χ1n) is 8.99. The second-order valence-electron chi connectivity index (χ2n) is 6.84. The maximum atomic E-state index is 8.75. The van der Waals surface area contributed by atoms with Crippen LogP contribution in [0, 0.1) is 11.3 Å². The van der Waals surface area contributed by atoms with Gasteiger partial charge in [0, 0.05) is 35.5 Å². The van der Waals surface area contributed by atoms with Gasteiger partial charge in [-0.25, -0.2) is 0 Å². The zero-order chi connectivity index (χ0) is 15.2. The van der Waals surface area contributed by atoms with Crippen LogP contribution < -0.4 is 10.6 Å². The van der Waals surface area contributed by atoms with Crippen LogP contribution in [0.4, 0.5) is 5.69 Å². The van der Waals surface area contributed by atoms with Crippen LogP contribution in [0.5, 0.6) is 0 Å². The van der Waals surface area contributed by atoms with E-state index in [2.05, 4.69) is 34.9 Å². The molecule has 0 aromatic heterocycles. The van der Waals surface area contributed by atoms with Crippen LogP contribution in [-0.2, 0) is 0 Å². The molecular weight excluding hydrogens is 270 g/mol. The van der Waals surface area contributed by atoms with Crippen LogP contribution in [0.25, 0.3) is 0 Å². The monoisotopic (exact) mass is 299 g/mol. The van der Waals surface area contributed by atoms with Crippen molar-refractivity contribution < 1.29 is 0 Å². The van der Waals surface area contributed by atoms with Gasteiger partial charge in [0.25, 0.3) is 0 Å². The zero-order valence-corrected chi connectivity index (χ0v) is 13.5. The fourth-order valence-electron chi connectivity index (χ4n) is 3.81. The van der Waals surface area contributed by atoms with Crippen molar-refractivity contribution in [1.82, 2.24) is 5.32 Å². The normalized spacial score (nSPS) is 23.7. The van der Waals surface area contributed by atoms with Crippen molar-refractivity contribution >= 4 is 11.4 Å². The van der Waals surface area contributed by atoms with Crippen LogP contribution in [0.15, 0.2) is 24.3 Å². The molecule has 2 fully saturated rings. The van der Waals surface area contributed by atoms with E-state index in [0.29, 0.717) is 12.0 Å². The molecule has 1 atom stereocenters. The van der Waals surface area contributed by atoms with E-state index >= 15 is 0 Å². The maximum absolute atomic E-state index is 8.75. The first-order chi connectivity index (χ1) is 10.8. The third-order valence-corrected chi connectivity index (χ3v) is 5.15. The summed E-state index contributed by atoms with van der Waals surface area (Å²) in [6.07, 6.45) is 10.2. The van der Waals surface area contributed by atoms with Gasteiger partial charge in [0.05, 0.1) is 0 Å². The minimum Gasteiger partial charge on any atom is -0.380 e. The second-order valence-corrected chi connectivity index (χ2v) is 6.84. The predicted octanol–water partition coefficient (Wildman–Crippen LogP) is 4.19. The van der Waals surface area contributed by atoms with Crippen LogP contribution in [0.2, 0.25) is 0 Å². The molecule has 3 N–H and O–H groups in total. The van der Waals surface area contributed by atoms with Crippen molar-refractivity contribution in [1.29, 1.82) is 5.41 Å². The molecular formula is C19H29N3. The summed E-state index contributed by atoms with van der Waals surface area (Å²) in [5.74, 6) is 0.449. The summed E-state index contributed by atoms with van der Waals surface area (Å²) in [5.41, 5.74) is 3.14. The highest BCUT2D eigenvalue weighted by atomic mass is 15.0. The molecule has 0 bridgehead atoms. The molecule has 120 valence electrons. The van der Waals surface area contributed by atoms with E-state index in [-0.39, 0.29) is 0 Å². The molecule has 1 aliphatic heterocycles. The van der Waals surface area contributed by atoms with Gasteiger partial charge in [-0.05, 0) is 31.9 Å². The fourth-order valence-corrected chi connectivity index (χ4v) is 3.81. The number of anilines is 1. The van der Waals surface area contributed by atoms with E-state index in [0.717, 1.165) is 30.1 Å². The van der Waals surface area contributed by atoms with E-state index in [1.54, 1.807) is 0 Å². The SMILES string of the molecule is N=C(c1ccccc1NC1CCNC1)C1CCCCCCC1. The summed E-state index contributed by atoms with van der Waals surface area (Å²) in [6.45, 7) is 2.13. The zero-order valence-electron chi connectivity index (χ0n) is 13.5. The Morgan fingerprint density at radius 3 is 2.45 bits per heavy atom. The van der Waals surface area contributed by atoms with Gasteiger partial charge in [-0.3, -0.25) is 0 Å². The Bertz CT molecular complexity index is 483. The highest BCUT2D eigenvalue weighted by Gasteiger charge is 2.21. The highest BCUT2D eigenvalue weighted by molar-refractivity contribution is 6.04. The Morgan fingerprint density at radius 2 is 1.73 bits per heavy atom. The fraction of sp³-hybridized carbons (Fsp3) is 0.632. The van der Waals surface area contributed by atoms with Crippen LogP contribution in [-0.4, -0.2) is 24.8 Å². The lowest BCUT2D eigenvalue weighted by Gasteiger charge is -2.23.